The van der Waals surface area contributed by atoms with Crippen molar-refractivity contribution in [1.29, 1.82) is 0 Å². The highest BCUT2D eigenvalue weighted by Crippen LogP contribution is 2.58. The molecule has 0 bridgehead atoms. The molecule has 3 aliphatic rings. The van der Waals surface area contributed by atoms with Gasteiger partial charge in [0, 0.05) is 31.5 Å². The van der Waals surface area contributed by atoms with Crippen molar-refractivity contribution in [3.05, 3.63) is 0 Å². The molecule has 2 nitrogen and oxygen atoms in total. The van der Waals surface area contributed by atoms with Gasteiger partial charge in [-0.05, 0) is 58.7 Å². The van der Waals surface area contributed by atoms with E-state index in [4.69, 9.17) is 0 Å². The van der Waals surface area contributed by atoms with Gasteiger partial charge in [-0.1, -0.05) is 0 Å². The van der Waals surface area contributed by atoms with Gasteiger partial charge < -0.3 is 9.80 Å². The molecule has 7 heteroatoms. The van der Waals surface area contributed by atoms with E-state index in [-0.39, 0.29) is 44.3 Å². The van der Waals surface area contributed by atoms with Crippen molar-refractivity contribution in [3.8, 4) is 0 Å². The molecule has 1 atom stereocenters. The number of likely N-dealkylation sites (tertiary alicyclic amines) is 1. The Hall–Kier alpha value is -0.430. The first-order chi connectivity index (χ1) is 11.1. The Balaban J connectivity index is 1.48. The van der Waals surface area contributed by atoms with Crippen LogP contribution in [0.4, 0.5) is 22.0 Å². The first-order valence-corrected chi connectivity index (χ1v) is 9.01. The lowest BCUT2D eigenvalue weighted by atomic mass is 9.89. The van der Waals surface area contributed by atoms with E-state index in [0.29, 0.717) is 6.42 Å². The van der Waals surface area contributed by atoms with Crippen LogP contribution in [0.3, 0.4) is 0 Å². The lowest BCUT2D eigenvalue weighted by molar-refractivity contribution is -0.192. The summed E-state index contributed by atoms with van der Waals surface area (Å²) >= 11 is 0. The molecule has 3 fully saturated rings. The number of piperidine rings is 1. The van der Waals surface area contributed by atoms with Gasteiger partial charge in [0.2, 0.25) is 5.92 Å². The third kappa shape index (κ3) is 3.87. The average molecular weight is 354 g/mol. The van der Waals surface area contributed by atoms with Crippen molar-refractivity contribution in [3.63, 3.8) is 0 Å². The molecule has 0 amide bonds. The van der Waals surface area contributed by atoms with Crippen LogP contribution in [0.15, 0.2) is 0 Å². The summed E-state index contributed by atoms with van der Waals surface area (Å²) in [5, 5.41) is 0. The number of hydrogen-bond acceptors (Lipinski definition) is 2. The molecule has 140 valence electrons. The number of hydrogen-bond donors (Lipinski definition) is 0. The fourth-order valence-electron chi connectivity index (χ4n) is 4.44. The van der Waals surface area contributed by atoms with Crippen molar-refractivity contribution in [2.24, 2.45) is 5.41 Å². The minimum absolute atomic E-state index is 0.0117. The minimum Gasteiger partial charge on any atom is -0.302 e. The molecule has 2 aliphatic carbocycles. The molecule has 1 saturated heterocycles. The zero-order valence-corrected chi connectivity index (χ0v) is 14.2. The van der Waals surface area contributed by atoms with Crippen molar-refractivity contribution < 1.29 is 22.0 Å². The van der Waals surface area contributed by atoms with E-state index >= 15 is 0 Å². The quantitative estimate of drug-likeness (QED) is 0.695. The van der Waals surface area contributed by atoms with Gasteiger partial charge in [0.05, 0.1) is 5.41 Å². The third-order valence-corrected chi connectivity index (χ3v) is 6.26. The maximum atomic E-state index is 13.6. The fraction of sp³-hybridized carbons (Fsp3) is 1.00. The number of rotatable bonds is 4. The van der Waals surface area contributed by atoms with Gasteiger partial charge >= 0.3 is 6.18 Å². The number of nitrogens with zero attached hydrogens (tertiary/aromatic N) is 2. The van der Waals surface area contributed by atoms with Crippen LogP contribution < -0.4 is 0 Å². The molecule has 0 unspecified atom stereocenters. The summed E-state index contributed by atoms with van der Waals surface area (Å²) in [4.78, 5) is 3.99. The van der Waals surface area contributed by atoms with Crippen LogP contribution in [0.25, 0.3) is 0 Å². The van der Waals surface area contributed by atoms with Crippen LogP contribution in [0, 0.1) is 5.41 Å². The third-order valence-electron chi connectivity index (χ3n) is 6.26. The highest BCUT2D eigenvalue weighted by Gasteiger charge is 2.63. The topological polar surface area (TPSA) is 6.48 Å². The molecule has 0 aromatic rings. The van der Waals surface area contributed by atoms with E-state index in [9.17, 15) is 22.0 Å². The minimum atomic E-state index is -4.12. The Labute approximate surface area is 140 Å². The van der Waals surface area contributed by atoms with Gasteiger partial charge in [-0.15, -0.1) is 0 Å². The molecule has 0 spiro atoms. The maximum absolute atomic E-state index is 13.6. The Morgan fingerprint density at radius 3 is 2.17 bits per heavy atom. The van der Waals surface area contributed by atoms with E-state index in [1.807, 2.05) is 4.90 Å². The summed E-state index contributed by atoms with van der Waals surface area (Å²) in [6.07, 6.45) is -0.811. The predicted octanol–water partition coefficient (Wildman–Crippen LogP) is 4.30. The Morgan fingerprint density at radius 2 is 1.67 bits per heavy atom. The van der Waals surface area contributed by atoms with Crippen molar-refractivity contribution in [2.75, 3.05) is 26.7 Å². The molecule has 1 heterocycles. The van der Waals surface area contributed by atoms with E-state index in [0.717, 1.165) is 32.4 Å². The molecule has 0 radical (unpaired) electrons. The summed E-state index contributed by atoms with van der Waals surface area (Å²) in [5.41, 5.74) is -1.50. The normalized spacial score (nSPS) is 31.4. The van der Waals surface area contributed by atoms with Crippen LogP contribution in [-0.4, -0.2) is 60.7 Å². The van der Waals surface area contributed by atoms with E-state index in [1.165, 1.54) is 0 Å². The van der Waals surface area contributed by atoms with E-state index < -0.39 is 17.5 Å². The average Bonchev–Trinajstić information content (AvgIpc) is 3.27. The molecular formula is C17H27F5N2. The first-order valence-electron chi connectivity index (χ1n) is 9.01. The van der Waals surface area contributed by atoms with Crippen LogP contribution >= 0.6 is 0 Å². The molecule has 0 N–H and O–H groups in total. The Morgan fingerprint density at radius 1 is 1.04 bits per heavy atom. The summed E-state index contributed by atoms with van der Waals surface area (Å²) in [6, 6.07) is 0.0649. The van der Waals surface area contributed by atoms with Gasteiger partial charge in [0.25, 0.3) is 0 Å². The van der Waals surface area contributed by atoms with E-state index in [2.05, 4.69) is 4.90 Å². The van der Waals surface area contributed by atoms with Crippen LogP contribution in [0.1, 0.15) is 51.4 Å². The van der Waals surface area contributed by atoms with Crippen molar-refractivity contribution in [2.45, 2.75) is 75.5 Å². The SMILES string of the molecule is CN(CC1(C(F)(F)F)CC1)C1CCN([C@H]2CCCC(F)(F)C2)CC1. The van der Waals surface area contributed by atoms with Gasteiger partial charge in [-0.3, -0.25) is 0 Å². The molecule has 1 aliphatic heterocycles. The van der Waals surface area contributed by atoms with Gasteiger partial charge in [0.1, 0.15) is 0 Å². The highest BCUT2D eigenvalue weighted by molar-refractivity contribution is 5.02. The zero-order valence-electron chi connectivity index (χ0n) is 14.2. The Bertz CT molecular complexity index is 439. The second-order valence-electron chi connectivity index (χ2n) is 8.07. The van der Waals surface area contributed by atoms with Gasteiger partial charge in [-0.25, -0.2) is 8.78 Å². The second kappa shape index (κ2) is 6.38. The van der Waals surface area contributed by atoms with Gasteiger partial charge in [0.15, 0.2) is 0 Å². The predicted molar refractivity (Wildman–Crippen MR) is 82.2 cm³/mol. The van der Waals surface area contributed by atoms with E-state index in [1.54, 1.807) is 7.05 Å². The molecule has 24 heavy (non-hydrogen) atoms. The molecule has 3 rings (SSSR count). The van der Waals surface area contributed by atoms with Crippen LogP contribution in [0.5, 0.6) is 0 Å². The van der Waals surface area contributed by atoms with Crippen LogP contribution in [-0.2, 0) is 0 Å². The van der Waals surface area contributed by atoms with Crippen LogP contribution in [0.2, 0.25) is 0 Å². The second-order valence-corrected chi connectivity index (χ2v) is 8.07. The first kappa shape index (κ1) is 18.4. The molecule has 0 aromatic carbocycles. The standard InChI is InChI=1S/C17H27F5N2/c1-23(12-15(7-8-15)17(20,21)22)13-4-9-24(10-5-13)14-3-2-6-16(18,19)11-14/h13-14H,2-12H2,1H3/t14-/m0/s1. The zero-order chi connectivity index (χ0) is 17.6. The summed E-state index contributed by atoms with van der Waals surface area (Å²) in [7, 11) is 1.78. The largest absolute Gasteiger partial charge is 0.395 e. The maximum Gasteiger partial charge on any atom is 0.395 e. The number of alkyl halides is 5. The Kier molecular flexibility index (Phi) is 4.88. The molecule has 2 saturated carbocycles. The lowest BCUT2D eigenvalue weighted by Gasteiger charge is -2.43. The lowest BCUT2D eigenvalue weighted by Crippen LogP contribution is -2.51. The monoisotopic (exact) mass is 354 g/mol. The fourth-order valence-corrected chi connectivity index (χ4v) is 4.44. The van der Waals surface area contributed by atoms with Crippen molar-refractivity contribution >= 4 is 0 Å². The van der Waals surface area contributed by atoms with Crippen molar-refractivity contribution in [1.82, 2.24) is 9.80 Å². The highest BCUT2D eigenvalue weighted by atomic mass is 19.4. The smallest absolute Gasteiger partial charge is 0.302 e. The molecule has 0 aromatic heterocycles. The summed E-state index contributed by atoms with van der Waals surface area (Å²) < 4.78 is 66.4. The summed E-state index contributed by atoms with van der Waals surface area (Å²) in [6.45, 7) is 1.51. The molecular weight excluding hydrogens is 327 g/mol. The summed E-state index contributed by atoms with van der Waals surface area (Å²) in [5.74, 6) is -2.55. The number of halogens is 5. The van der Waals surface area contributed by atoms with Gasteiger partial charge in [-0.2, -0.15) is 13.2 Å².